The van der Waals surface area contributed by atoms with Crippen molar-refractivity contribution in [2.45, 2.75) is 25.7 Å². The molecule has 6 nitrogen and oxygen atoms in total. The number of anilines is 2. The molecule has 0 aliphatic heterocycles. The highest BCUT2D eigenvalue weighted by molar-refractivity contribution is 5.93. The van der Waals surface area contributed by atoms with E-state index in [9.17, 15) is 9.59 Å². The van der Waals surface area contributed by atoms with Crippen molar-refractivity contribution in [2.24, 2.45) is 5.41 Å². The van der Waals surface area contributed by atoms with E-state index in [0.717, 1.165) is 54.6 Å². The fourth-order valence-electron chi connectivity index (χ4n) is 3.99. The van der Waals surface area contributed by atoms with Crippen molar-refractivity contribution in [3.63, 3.8) is 0 Å². The molecule has 0 spiro atoms. The van der Waals surface area contributed by atoms with Crippen LogP contribution in [0, 0.1) is 5.41 Å². The van der Waals surface area contributed by atoms with Crippen LogP contribution in [0.25, 0.3) is 0 Å². The molecule has 1 aliphatic carbocycles. The van der Waals surface area contributed by atoms with Crippen LogP contribution in [0.5, 0.6) is 0 Å². The molecule has 2 aromatic carbocycles. The van der Waals surface area contributed by atoms with E-state index in [2.05, 4.69) is 41.1 Å². The molecule has 0 unspecified atom stereocenters. The average Bonchev–Trinajstić information content (AvgIpc) is 2.76. The van der Waals surface area contributed by atoms with Gasteiger partial charge in [0.2, 0.25) is 0 Å². The van der Waals surface area contributed by atoms with Crippen LogP contribution in [0.2, 0.25) is 0 Å². The van der Waals surface area contributed by atoms with Crippen LogP contribution >= 0.6 is 0 Å². The third-order valence-corrected chi connectivity index (χ3v) is 6.01. The van der Waals surface area contributed by atoms with Gasteiger partial charge in [0.1, 0.15) is 6.29 Å². The van der Waals surface area contributed by atoms with Gasteiger partial charge in [-0.25, -0.2) is 5.48 Å². The van der Waals surface area contributed by atoms with Crippen LogP contribution in [0.4, 0.5) is 11.4 Å². The van der Waals surface area contributed by atoms with Crippen LogP contribution in [-0.2, 0) is 17.6 Å². The predicted molar refractivity (Wildman–Crippen MR) is 115 cm³/mol. The van der Waals surface area contributed by atoms with Crippen molar-refractivity contribution in [3.8, 4) is 0 Å². The molecule has 2 N–H and O–H groups in total. The number of aryl methyl sites for hydroxylation is 1. The summed E-state index contributed by atoms with van der Waals surface area (Å²) in [5.41, 5.74) is 6.20. The lowest BCUT2D eigenvalue weighted by Crippen LogP contribution is -2.35. The molecule has 0 radical (unpaired) electrons. The number of rotatable bonds is 7. The van der Waals surface area contributed by atoms with E-state index >= 15 is 0 Å². The third kappa shape index (κ3) is 4.59. The highest BCUT2D eigenvalue weighted by atomic mass is 16.5. The van der Waals surface area contributed by atoms with Crippen molar-refractivity contribution in [1.29, 1.82) is 0 Å². The Balaban J connectivity index is 1.68. The number of nitrogens with zero attached hydrogens (tertiary/aromatic N) is 2. The van der Waals surface area contributed by atoms with E-state index in [0.29, 0.717) is 12.0 Å². The first-order valence-corrected chi connectivity index (χ1v) is 9.88. The maximum Gasteiger partial charge on any atom is 0.274 e. The van der Waals surface area contributed by atoms with Gasteiger partial charge >= 0.3 is 0 Å². The van der Waals surface area contributed by atoms with Crippen LogP contribution in [0.1, 0.15) is 34.3 Å². The van der Waals surface area contributed by atoms with Gasteiger partial charge in [-0.1, -0.05) is 6.07 Å². The number of nitrogens with one attached hydrogen (secondary N) is 1. The van der Waals surface area contributed by atoms with Crippen LogP contribution in [0.15, 0.2) is 42.5 Å². The minimum atomic E-state index is -0.512. The number of hydrogen-bond donors (Lipinski definition) is 2. The number of aldehydes is 1. The second kappa shape index (κ2) is 8.66. The second-order valence-electron chi connectivity index (χ2n) is 8.16. The second-order valence-corrected chi connectivity index (χ2v) is 8.16. The molecule has 29 heavy (non-hydrogen) atoms. The normalized spacial score (nSPS) is 17.9. The standard InChI is InChI=1S/C23H29N3O3/c1-25(2)20-6-8-21(9-7-20)26(3)13-12-23(16-27)11-10-17-14-18(22(28)24-29)4-5-19(17)15-23/h4-9,14,16,29H,10-13,15H2,1-3H3,(H,24,28)/t23-/m0/s1. The van der Waals surface area contributed by atoms with Gasteiger partial charge in [0.25, 0.3) is 5.91 Å². The molecule has 1 atom stereocenters. The minimum absolute atomic E-state index is 0.383. The van der Waals surface area contributed by atoms with Crippen molar-refractivity contribution < 1.29 is 14.8 Å². The summed E-state index contributed by atoms with van der Waals surface area (Å²) in [5, 5.41) is 8.82. The smallest absolute Gasteiger partial charge is 0.274 e. The lowest BCUT2D eigenvalue weighted by atomic mass is 9.70. The van der Waals surface area contributed by atoms with E-state index in [-0.39, 0.29) is 5.41 Å². The molecule has 3 rings (SSSR count). The van der Waals surface area contributed by atoms with Gasteiger partial charge in [-0.2, -0.15) is 0 Å². The molecular weight excluding hydrogens is 366 g/mol. The Morgan fingerprint density at radius 1 is 1.10 bits per heavy atom. The number of hydrogen-bond acceptors (Lipinski definition) is 5. The first kappa shape index (κ1) is 20.9. The number of carbonyl (C=O) groups is 2. The monoisotopic (exact) mass is 395 g/mol. The summed E-state index contributed by atoms with van der Waals surface area (Å²) in [6.45, 7) is 0.792. The summed E-state index contributed by atoms with van der Waals surface area (Å²) in [6.07, 6.45) is 4.09. The Hall–Kier alpha value is -2.86. The quantitative estimate of drug-likeness (QED) is 0.428. The maximum atomic E-state index is 12.1. The number of benzene rings is 2. The molecule has 154 valence electrons. The molecule has 0 heterocycles. The maximum absolute atomic E-state index is 12.1. The van der Waals surface area contributed by atoms with Gasteiger partial charge in [0.15, 0.2) is 0 Å². The predicted octanol–water partition coefficient (Wildman–Crippen LogP) is 3.07. The minimum Gasteiger partial charge on any atom is -0.378 e. The molecule has 0 aromatic heterocycles. The SMILES string of the molecule is CN(C)c1ccc(N(C)CC[C@@]2(C=O)CCc3cc(C(=O)NO)ccc3C2)cc1. The Labute approximate surface area is 172 Å². The molecule has 2 aromatic rings. The fourth-order valence-corrected chi connectivity index (χ4v) is 3.99. The lowest BCUT2D eigenvalue weighted by Gasteiger charge is -2.35. The summed E-state index contributed by atoms with van der Waals surface area (Å²) in [4.78, 5) is 27.9. The number of carbonyl (C=O) groups excluding carboxylic acids is 2. The van der Waals surface area contributed by atoms with Crippen LogP contribution in [-0.4, -0.2) is 45.1 Å². The fraction of sp³-hybridized carbons (Fsp3) is 0.391. The summed E-state index contributed by atoms with van der Waals surface area (Å²) >= 11 is 0. The number of fused-ring (bicyclic) bond motifs is 1. The van der Waals surface area contributed by atoms with Gasteiger partial charge in [0, 0.05) is 50.0 Å². The molecule has 0 fully saturated rings. The molecule has 0 saturated carbocycles. The number of hydroxylamine groups is 1. The number of amides is 1. The summed E-state index contributed by atoms with van der Waals surface area (Å²) < 4.78 is 0. The van der Waals surface area contributed by atoms with Gasteiger partial charge in [0.05, 0.1) is 0 Å². The Bertz CT molecular complexity index is 879. The first-order valence-electron chi connectivity index (χ1n) is 9.88. The molecule has 0 bridgehead atoms. The third-order valence-electron chi connectivity index (χ3n) is 6.01. The lowest BCUT2D eigenvalue weighted by molar-refractivity contribution is -0.117. The molecule has 6 heteroatoms. The van der Waals surface area contributed by atoms with E-state index in [1.807, 2.05) is 26.2 Å². The van der Waals surface area contributed by atoms with Gasteiger partial charge in [-0.3, -0.25) is 10.0 Å². The highest BCUT2D eigenvalue weighted by Crippen LogP contribution is 2.37. The van der Waals surface area contributed by atoms with E-state index < -0.39 is 5.91 Å². The summed E-state index contributed by atoms with van der Waals surface area (Å²) in [5.74, 6) is -0.512. The molecule has 1 aliphatic rings. The Kier molecular flexibility index (Phi) is 6.23. The summed E-state index contributed by atoms with van der Waals surface area (Å²) in [6, 6.07) is 13.8. The van der Waals surface area contributed by atoms with Crippen LogP contribution < -0.4 is 15.3 Å². The molecular formula is C23H29N3O3. The van der Waals surface area contributed by atoms with Crippen molar-refractivity contribution >= 4 is 23.6 Å². The van der Waals surface area contributed by atoms with E-state index in [1.165, 1.54) is 0 Å². The largest absolute Gasteiger partial charge is 0.378 e. The zero-order valence-corrected chi connectivity index (χ0v) is 17.3. The summed E-state index contributed by atoms with van der Waals surface area (Å²) in [7, 11) is 6.10. The van der Waals surface area contributed by atoms with Gasteiger partial charge in [-0.15, -0.1) is 0 Å². The highest BCUT2D eigenvalue weighted by Gasteiger charge is 2.34. The van der Waals surface area contributed by atoms with Gasteiger partial charge in [-0.05, 0) is 73.2 Å². The zero-order chi connectivity index (χ0) is 21.0. The van der Waals surface area contributed by atoms with Crippen molar-refractivity contribution in [3.05, 3.63) is 59.2 Å². The van der Waals surface area contributed by atoms with Crippen molar-refractivity contribution in [1.82, 2.24) is 5.48 Å². The van der Waals surface area contributed by atoms with Crippen LogP contribution in [0.3, 0.4) is 0 Å². The molecule has 0 saturated heterocycles. The zero-order valence-electron chi connectivity index (χ0n) is 17.3. The topological polar surface area (TPSA) is 72.9 Å². The van der Waals surface area contributed by atoms with Crippen molar-refractivity contribution in [2.75, 3.05) is 37.5 Å². The average molecular weight is 396 g/mol. The Morgan fingerprint density at radius 3 is 2.41 bits per heavy atom. The van der Waals surface area contributed by atoms with E-state index in [1.54, 1.807) is 11.5 Å². The van der Waals surface area contributed by atoms with E-state index in [4.69, 9.17) is 5.21 Å². The van der Waals surface area contributed by atoms with Gasteiger partial charge < -0.3 is 14.6 Å². The first-order chi connectivity index (χ1) is 13.9. The molecule has 1 amide bonds. The Morgan fingerprint density at radius 2 is 1.79 bits per heavy atom.